The summed E-state index contributed by atoms with van der Waals surface area (Å²) in [5.41, 5.74) is 3.47. The van der Waals surface area contributed by atoms with Crippen LogP contribution in [0, 0.1) is 0 Å². The number of fused-ring (bicyclic) bond motifs is 2. The molecule has 1 aromatic heterocycles. The first kappa shape index (κ1) is 17.1. The van der Waals surface area contributed by atoms with Gasteiger partial charge < -0.3 is 5.32 Å². The van der Waals surface area contributed by atoms with Crippen molar-refractivity contribution in [2.24, 2.45) is 0 Å². The molecule has 138 valence electrons. The van der Waals surface area contributed by atoms with E-state index in [0.29, 0.717) is 5.69 Å². The number of hydrogen-bond acceptors (Lipinski definition) is 2. The van der Waals surface area contributed by atoms with Gasteiger partial charge in [-0.05, 0) is 51.6 Å². The number of benzene rings is 4. The lowest BCUT2D eigenvalue weighted by atomic mass is 9.95. The van der Waals surface area contributed by atoms with Crippen molar-refractivity contribution in [2.45, 2.75) is 0 Å². The number of amides is 1. The van der Waals surface area contributed by atoms with Crippen LogP contribution in [-0.4, -0.2) is 10.9 Å². The minimum absolute atomic E-state index is 0.214. The summed E-state index contributed by atoms with van der Waals surface area (Å²) in [4.78, 5) is 16.7. The lowest BCUT2D eigenvalue weighted by Gasteiger charge is -2.12. The van der Waals surface area contributed by atoms with Gasteiger partial charge in [0, 0.05) is 17.3 Å². The first-order chi connectivity index (χ1) is 14.3. The quantitative estimate of drug-likeness (QED) is 0.402. The van der Waals surface area contributed by atoms with Crippen LogP contribution in [-0.2, 0) is 0 Å². The van der Waals surface area contributed by atoms with Gasteiger partial charge in [0.05, 0.1) is 0 Å². The summed E-state index contributed by atoms with van der Waals surface area (Å²) in [5, 5.41) is 7.54. The van der Waals surface area contributed by atoms with Gasteiger partial charge in [0.25, 0.3) is 5.91 Å². The Morgan fingerprint density at radius 1 is 0.690 bits per heavy atom. The molecule has 0 bridgehead atoms. The van der Waals surface area contributed by atoms with Gasteiger partial charge in [0.2, 0.25) is 0 Å². The number of carbonyl (C=O) groups excluding carboxylic acids is 1. The highest BCUT2D eigenvalue weighted by atomic mass is 16.1. The SMILES string of the molecule is O=C(Nc1cccc2c(-c3ccc4ccccc4c3)cccc12)c1ccccn1. The third-order valence-corrected chi connectivity index (χ3v) is 5.13. The highest BCUT2D eigenvalue weighted by Crippen LogP contribution is 2.34. The minimum atomic E-state index is -0.214. The second-order valence-corrected chi connectivity index (χ2v) is 6.94. The summed E-state index contributed by atoms with van der Waals surface area (Å²) in [6, 6.07) is 32.4. The van der Waals surface area contributed by atoms with Crippen LogP contribution in [0.25, 0.3) is 32.7 Å². The number of nitrogens with zero attached hydrogens (tertiary/aromatic N) is 1. The van der Waals surface area contributed by atoms with Crippen LogP contribution in [0.5, 0.6) is 0 Å². The molecule has 0 spiro atoms. The molecule has 0 aliphatic rings. The summed E-state index contributed by atoms with van der Waals surface area (Å²) in [6.45, 7) is 0. The smallest absolute Gasteiger partial charge is 0.274 e. The topological polar surface area (TPSA) is 42.0 Å². The molecular weight excluding hydrogens is 356 g/mol. The van der Waals surface area contributed by atoms with E-state index in [4.69, 9.17) is 0 Å². The molecule has 4 aromatic carbocycles. The number of carbonyl (C=O) groups is 1. The molecule has 0 aliphatic carbocycles. The Kier molecular flexibility index (Phi) is 4.26. The molecule has 0 atom stereocenters. The van der Waals surface area contributed by atoms with E-state index in [2.05, 4.69) is 64.9 Å². The van der Waals surface area contributed by atoms with Crippen LogP contribution in [0.1, 0.15) is 10.5 Å². The number of hydrogen-bond donors (Lipinski definition) is 1. The van der Waals surface area contributed by atoms with Crippen LogP contribution in [0.4, 0.5) is 5.69 Å². The highest BCUT2D eigenvalue weighted by molar-refractivity contribution is 6.11. The molecule has 1 heterocycles. The molecule has 1 N–H and O–H groups in total. The summed E-state index contributed by atoms with van der Waals surface area (Å²) >= 11 is 0. The molecule has 0 aliphatic heterocycles. The molecule has 3 heteroatoms. The molecule has 29 heavy (non-hydrogen) atoms. The summed E-state index contributed by atoms with van der Waals surface area (Å²) in [5.74, 6) is -0.214. The minimum Gasteiger partial charge on any atom is -0.320 e. The Hall–Kier alpha value is -3.98. The number of nitrogens with one attached hydrogen (secondary N) is 1. The lowest BCUT2D eigenvalue weighted by Crippen LogP contribution is -2.13. The van der Waals surface area contributed by atoms with E-state index < -0.39 is 0 Å². The van der Waals surface area contributed by atoms with Crippen LogP contribution < -0.4 is 5.32 Å². The number of aromatic nitrogens is 1. The van der Waals surface area contributed by atoms with Crippen molar-refractivity contribution in [2.75, 3.05) is 5.32 Å². The van der Waals surface area contributed by atoms with Gasteiger partial charge in [-0.15, -0.1) is 0 Å². The first-order valence-electron chi connectivity index (χ1n) is 9.53. The van der Waals surface area contributed by atoms with Crippen LogP contribution in [0.15, 0.2) is 103 Å². The second-order valence-electron chi connectivity index (χ2n) is 6.94. The van der Waals surface area contributed by atoms with Crippen molar-refractivity contribution in [3.8, 4) is 11.1 Å². The zero-order chi connectivity index (χ0) is 19.6. The Morgan fingerprint density at radius 2 is 1.48 bits per heavy atom. The molecular formula is C26H18N2O. The maximum Gasteiger partial charge on any atom is 0.274 e. The molecule has 0 radical (unpaired) electrons. The van der Waals surface area contributed by atoms with E-state index in [1.165, 1.54) is 10.8 Å². The molecule has 3 nitrogen and oxygen atoms in total. The van der Waals surface area contributed by atoms with Gasteiger partial charge >= 0.3 is 0 Å². The summed E-state index contributed by atoms with van der Waals surface area (Å²) in [7, 11) is 0. The van der Waals surface area contributed by atoms with Gasteiger partial charge in [-0.1, -0.05) is 72.8 Å². The summed E-state index contributed by atoms with van der Waals surface area (Å²) < 4.78 is 0. The zero-order valence-electron chi connectivity index (χ0n) is 15.7. The molecule has 0 fully saturated rings. The fourth-order valence-corrected chi connectivity index (χ4v) is 3.71. The van der Waals surface area contributed by atoms with E-state index in [0.717, 1.165) is 27.6 Å². The van der Waals surface area contributed by atoms with Crippen LogP contribution in [0.2, 0.25) is 0 Å². The van der Waals surface area contributed by atoms with Gasteiger partial charge in [-0.3, -0.25) is 9.78 Å². The predicted octanol–water partition coefficient (Wildman–Crippen LogP) is 6.31. The van der Waals surface area contributed by atoms with Gasteiger partial charge in [-0.2, -0.15) is 0 Å². The number of pyridine rings is 1. The highest BCUT2D eigenvalue weighted by Gasteiger charge is 2.11. The number of rotatable bonds is 3. The van der Waals surface area contributed by atoms with Crippen molar-refractivity contribution in [1.29, 1.82) is 0 Å². The van der Waals surface area contributed by atoms with Gasteiger partial charge in [0.15, 0.2) is 0 Å². The van der Waals surface area contributed by atoms with Crippen molar-refractivity contribution in [1.82, 2.24) is 4.98 Å². The standard InChI is InChI=1S/C26H18N2O/c29-26(25-12-3-4-16-27-25)28-24-13-6-10-22-21(9-5-11-23(22)24)20-15-14-18-7-1-2-8-19(18)17-20/h1-17H,(H,28,29). The van der Waals surface area contributed by atoms with E-state index in [1.807, 2.05) is 30.3 Å². The summed E-state index contributed by atoms with van der Waals surface area (Å²) in [6.07, 6.45) is 1.62. The molecule has 1 amide bonds. The van der Waals surface area contributed by atoms with E-state index >= 15 is 0 Å². The molecule has 5 aromatic rings. The second kappa shape index (κ2) is 7.21. The van der Waals surface area contributed by atoms with Crippen LogP contribution in [0.3, 0.4) is 0 Å². The third-order valence-electron chi connectivity index (χ3n) is 5.13. The van der Waals surface area contributed by atoms with E-state index in [-0.39, 0.29) is 5.91 Å². The number of anilines is 1. The third kappa shape index (κ3) is 3.23. The van der Waals surface area contributed by atoms with E-state index in [9.17, 15) is 4.79 Å². The van der Waals surface area contributed by atoms with Gasteiger partial charge in [0.1, 0.15) is 5.69 Å². The first-order valence-corrected chi connectivity index (χ1v) is 9.53. The van der Waals surface area contributed by atoms with Crippen molar-refractivity contribution in [3.05, 3.63) is 109 Å². The largest absolute Gasteiger partial charge is 0.320 e. The fourth-order valence-electron chi connectivity index (χ4n) is 3.71. The van der Waals surface area contributed by atoms with Crippen LogP contribution >= 0.6 is 0 Å². The Morgan fingerprint density at radius 3 is 2.34 bits per heavy atom. The zero-order valence-corrected chi connectivity index (χ0v) is 15.7. The Labute approximate surface area is 168 Å². The van der Waals surface area contributed by atoms with Crippen molar-refractivity contribution >= 4 is 33.1 Å². The maximum absolute atomic E-state index is 12.6. The van der Waals surface area contributed by atoms with Gasteiger partial charge in [-0.25, -0.2) is 0 Å². The molecule has 0 saturated carbocycles. The Balaban J connectivity index is 1.59. The average Bonchev–Trinajstić information content (AvgIpc) is 2.79. The predicted molar refractivity (Wildman–Crippen MR) is 119 cm³/mol. The molecule has 0 unspecified atom stereocenters. The molecule has 0 saturated heterocycles. The monoisotopic (exact) mass is 374 g/mol. The maximum atomic E-state index is 12.6. The molecule has 5 rings (SSSR count). The van der Waals surface area contributed by atoms with Crippen molar-refractivity contribution < 1.29 is 4.79 Å². The normalized spacial score (nSPS) is 10.9. The van der Waals surface area contributed by atoms with E-state index in [1.54, 1.807) is 18.3 Å². The Bertz CT molecular complexity index is 1340. The average molecular weight is 374 g/mol. The van der Waals surface area contributed by atoms with Crippen molar-refractivity contribution in [3.63, 3.8) is 0 Å². The fraction of sp³-hybridized carbons (Fsp3) is 0. The lowest BCUT2D eigenvalue weighted by molar-refractivity contribution is 0.102.